The molecule has 0 atom stereocenters. The van der Waals surface area contributed by atoms with Gasteiger partial charge in [-0.2, -0.15) is 0 Å². The van der Waals surface area contributed by atoms with E-state index in [1.165, 1.54) is 0 Å². The van der Waals surface area contributed by atoms with Gasteiger partial charge in [-0.25, -0.2) is 15.0 Å². The second-order valence-electron chi connectivity index (χ2n) is 3.59. The number of oxazole rings is 1. The second-order valence-corrected chi connectivity index (χ2v) is 4.67. The van der Waals surface area contributed by atoms with Crippen molar-refractivity contribution in [3.8, 4) is 11.5 Å². The number of rotatable bonds is 4. The Morgan fingerprint density at radius 1 is 1.39 bits per heavy atom. The normalized spacial score (nSPS) is 10.7. The summed E-state index contributed by atoms with van der Waals surface area (Å²) >= 11 is 2.19. The highest BCUT2D eigenvalue weighted by atomic mass is 127. The number of ether oxygens (including phenoxy) is 1. The zero-order valence-corrected chi connectivity index (χ0v) is 12.5. The number of hydrogen-bond acceptors (Lipinski definition) is 6. The molecule has 0 radical (unpaired) electrons. The highest BCUT2D eigenvalue weighted by molar-refractivity contribution is 14.1. The zero-order valence-electron chi connectivity index (χ0n) is 10.3. The number of nitrogens with zero attached hydrogens (tertiary/aromatic N) is 3. The van der Waals surface area contributed by atoms with Crippen molar-refractivity contribution in [2.75, 3.05) is 19.5 Å². The van der Waals surface area contributed by atoms with Gasteiger partial charge in [-0.1, -0.05) is 0 Å². The largest absolute Gasteiger partial charge is 0.449 e. The van der Waals surface area contributed by atoms with Gasteiger partial charge >= 0.3 is 0 Å². The first-order valence-corrected chi connectivity index (χ1v) is 6.39. The number of aryl methyl sites for hydroxylation is 1. The predicted octanol–water partition coefficient (Wildman–Crippen LogP) is 2.23. The topological polar surface area (TPSA) is 73.1 Å². The fraction of sp³-hybridized carbons (Fsp3) is 0.364. The van der Waals surface area contributed by atoms with Gasteiger partial charge in [0.25, 0.3) is 0 Å². The Morgan fingerprint density at radius 2 is 2.17 bits per heavy atom. The summed E-state index contributed by atoms with van der Waals surface area (Å²) in [4.78, 5) is 13.1. The first-order valence-electron chi connectivity index (χ1n) is 5.31. The van der Waals surface area contributed by atoms with Gasteiger partial charge in [0.1, 0.15) is 17.8 Å². The lowest BCUT2D eigenvalue weighted by molar-refractivity contribution is 0.181. The molecule has 7 heteroatoms. The number of methoxy groups -OCH3 is 1. The second kappa shape index (κ2) is 5.61. The van der Waals surface area contributed by atoms with E-state index in [1.54, 1.807) is 20.3 Å². The summed E-state index contributed by atoms with van der Waals surface area (Å²) < 4.78 is 11.3. The smallest absolute Gasteiger partial charge is 0.191 e. The van der Waals surface area contributed by atoms with E-state index in [-0.39, 0.29) is 0 Å². The van der Waals surface area contributed by atoms with Crippen molar-refractivity contribution in [2.24, 2.45) is 0 Å². The third-order valence-corrected chi connectivity index (χ3v) is 3.42. The van der Waals surface area contributed by atoms with Crippen molar-refractivity contribution in [1.82, 2.24) is 15.0 Å². The van der Waals surface area contributed by atoms with Gasteiger partial charge in [0.05, 0.1) is 15.9 Å². The minimum atomic E-state index is 0.430. The van der Waals surface area contributed by atoms with Crippen LogP contribution in [0.5, 0.6) is 0 Å². The average molecular weight is 360 g/mol. The van der Waals surface area contributed by atoms with Gasteiger partial charge < -0.3 is 14.5 Å². The highest BCUT2D eigenvalue weighted by Crippen LogP contribution is 2.23. The van der Waals surface area contributed by atoms with E-state index in [0.29, 0.717) is 24.0 Å². The summed E-state index contributed by atoms with van der Waals surface area (Å²) in [6.07, 6.45) is 1.55. The van der Waals surface area contributed by atoms with Gasteiger partial charge in [0, 0.05) is 21.1 Å². The molecule has 0 saturated heterocycles. The van der Waals surface area contributed by atoms with Crippen molar-refractivity contribution in [1.29, 1.82) is 0 Å². The molecule has 0 saturated carbocycles. The molecular formula is C11H13IN4O2. The molecule has 18 heavy (non-hydrogen) atoms. The maximum Gasteiger partial charge on any atom is 0.191 e. The Morgan fingerprint density at radius 3 is 2.72 bits per heavy atom. The lowest BCUT2D eigenvalue weighted by atomic mass is 10.3. The van der Waals surface area contributed by atoms with Crippen LogP contribution in [0.1, 0.15) is 11.6 Å². The fourth-order valence-corrected chi connectivity index (χ4v) is 2.14. The predicted molar refractivity (Wildman–Crippen MR) is 75.2 cm³/mol. The molecule has 0 aliphatic heterocycles. The van der Waals surface area contributed by atoms with Crippen LogP contribution in [0.25, 0.3) is 11.5 Å². The van der Waals surface area contributed by atoms with Crippen molar-refractivity contribution in [2.45, 2.75) is 13.5 Å². The van der Waals surface area contributed by atoms with Gasteiger partial charge in [0.2, 0.25) is 0 Å². The number of aromatic nitrogens is 3. The Labute approximate surface area is 118 Å². The number of hydrogen-bond donors (Lipinski definition) is 1. The minimum absolute atomic E-state index is 0.430. The first kappa shape index (κ1) is 13.2. The number of anilines is 1. The van der Waals surface area contributed by atoms with Gasteiger partial charge in [-0.05, 0) is 22.6 Å². The third-order valence-electron chi connectivity index (χ3n) is 2.29. The molecule has 0 fully saturated rings. The molecule has 0 bridgehead atoms. The molecular weight excluding hydrogens is 347 g/mol. The average Bonchev–Trinajstić information content (AvgIpc) is 2.79. The van der Waals surface area contributed by atoms with Gasteiger partial charge in [0.15, 0.2) is 11.7 Å². The first-order chi connectivity index (χ1) is 8.65. The SMILES string of the molecule is CNc1nc(-c2coc(C)n2)nc(COC)c1I. The molecule has 2 aromatic heterocycles. The lowest BCUT2D eigenvalue weighted by Gasteiger charge is -2.09. The Kier molecular flexibility index (Phi) is 4.12. The van der Waals surface area contributed by atoms with Crippen LogP contribution < -0.4 is 5.32 Å². The monoisotopic (exact) mass is 360 g/mol. The standard InChI is InChI=1S/C11H13IN4O2/c1-6-14-8(5-18-6)10-15-7(4-17-3)9(12)11(13-2)16-10/h5H,4H2,1-3H3,(H,13,15,16). The summed E-state index contributed by atoms with van der Waals surface area (Å²) in [5.74, 6) is 1.88. The van der Waals surface area contributed by atoms with E-state index >= 15 is 0 Å². The van der Waals surface area contributed by atoms with Gasteiger partial charge in [-0.15, -0.1) is 0 Å². The van der Waals surface area contributed by atoms with E-state index in [2.05, 4.69) is 42.9 Å². The quantitative estimate of drug-likeness (QED) is 0.844. The third kappa shape index (κ3) is 2.61. The Balaban J connectivity index is 2.51. The lowest BCUT2D eigenvalue weighted by Crippen LogP contribution is -2.06. The molecule has 96 valence electrons. The summed E-state index contributed by atoms with van der Waals surface area (Å²) in [6.45, 7) is 2.21. The van der Waals surface area contributed by atoms with Crippen LogP contribution in [0, 0.1) is 10.5 Å². The molecule has 1 N–H and O–H groups in total. The van der Waals surface area contributed by atoms with Crippen LogP contribution in [0.4, 0.5) is 5.82 Å². The van der Waals surface area contributed by atoms with E-state index in [9.17, 15) is 0 Å². The van der Waals surface area contributed by atoms with Crippen LogP contribution in [-0.4, -0.2) is 29.1 Å². The molecule has 0 aromatic carbocycles. The van der Waals surface area contributed by atoms with Crippen LogP contribution in [-0.2, 0) is 11.3 Å². The molecule has 2 heterocycles. The summed E-state index contributed by atoms with van der Waals surface area (Å²) in [5, 5.41) is 3.04. The van der Waals surface area contributed by atoms with Crippen molar-refractivity contribution >= 4 is 28.4 Å². The molecule has 2 rings (SSSR count). The number of nitrogens with one attached hydrogen (secondary N) is 1. The maximum absolute atomic E-state index is 5.18. The van der Waals surface area contributed by atoms with Crippen LogP contribution >= 0.6 is 22.6 Å². The van der Waals surface area contributed by atoms with Crippen molar-refractivity contribution in [3.05, 3.63) is 21.4 Å². The Bertz CT molecular complexity index is 556. The summed E-state index contributed by atoms with van der Waals surface area (Å²) in [5.41, 5.74) is 1.45. The highest BCUT2D eigenvalue weighted by Gasteiger charge is 2.14. The van der Waals surface area contributed by atoms with E-state index < -0.39 is 0 Å². The molecule has 0 spiro atoms. The van der Waals surface area contributed by atoms with Gasteiger partial charge in [-0.3, -0.25) is 0 Å². The van der Waals surface area contributed by atoms with E-state index in [1.807, 2.05) is 7.05 Å². The minimum Gasteiger partial charge on any atom is -0.449 e. The zero-order chi connectivity index (χ0) is 13.1. The molecule has 6 nitrogen and oxygen atoms in total. The molecule has 0 aliphatic carbocycles. The maximum atomic E-state index is 5.18. The van der Waals surface area contributed by atoms with Crippen LogP contribution in [0.15, 0.2) is 10.7 Å². The van der Waals surface area contributed by atoms with Crippen LogP contribution in [0.2, 0.25) is 0 Å². The molecule has 2 aromatic rings. The molecule has 0 aliphatic rings. The number of halogens is 1. The Hall–Kier alpha value is -1.22. The van der Waals surface area contributed by atoms with E-state index in [0.717, 1.165) is 15.1 Å². The summed E-state index contributed by atoms with van der Waals surface area (Å²) in [6, 6.07) is 0. The molecule has 0 amide bonds. The van der Waals surface area contributed by atoms with Crippen molar-refractivity contribution in [3.63, 3.8) is 0 Å². The van der Waals surface area contributed by atoms with Crippen LogP contribution in [0.3, 0.4) is 0 Å². The van der Waals surface area contributed by atoms with E-state index in [4.69, 9.17) is 9.15 Å². The van der Waals surface area contributed by atoms with Crippen molar-refractivity contribution < 1.29 is 9.15 Å². The molecule has 0 unspecified atom stereocenters. The summed E-state index contributed by atoms with van der Waals surface area (Å²) in [7, 11) is 3.45. The fourth-order valence-electron chi connectivity index (χ4n) is 1.47.